The van der Waals surface area contributed by atoms with Gasteiger partial charge in [-0.25, -0.2) is 0 Å². The summed E-state index contributed by atoms with van der Waals surface area (Å²) in [6.07, 6.45) is 1.40. The number of Topliss-reactive ketones (excluding diaryl/α,β-unsaturated/α-hetero) is 1. The molecule has 0 spiro atoms. The number of fused-ring (bicyclic) bond motifs is 2. The molecule has 0 aromatic rings. The van der Waals surface area contributed by atoms with Crippen LogP contribution >= 0.6 is 0 Å². The molecule has 2 rings (SSSR count). The highest BCUT2D eigenvalue weighted by molar-refractivity contribution is 5.76. The highest BCUT2D eigenvalue weighted by atomic mass is 16.3. The molecule has 0 saturated carbocycles. The molecule has 0 radical (unpaired) electrons. The molecule has 2 saturated heterocycles. The first-order chi connectivity index (χ1) is 5.60. The zero-order chi connectivity index (χ0) is 8.77. The molecule has 2 aliphatic rings. The topological polar surface area (TPSA) is 40.5 Å². The number of carbonyl (C=O) groups excluding carboxylic acids is 1. The Balaban J connectivity index is 2.07. The van der Waals surface area contributed by atoms with Gasteiger partial charge in [0, 0.05) is 25.4 Å². The Morgan fingerprint density at radius 3 is 2.92 bits per heavy atom. The fraction of sp³-hybridized carbons (Fsp3) is 0.889. The van der Waals surface area contributed by atoms with Crippen molar-refractivity contribution in [1.82, 2.24) is 4.90 Å². The van der Waals surface area contributed by atoms with Gasteiger partial charge in [0.2, 0.25) is 0 Å². The van der Waals surface area contributed by atoms with Crippen molar-refractivity contribution in [2.24, 2.45) is 5.92 Å². The van der Waals surface area contributed by atoms with E-state index in [1.807, 2.05) is 0 Å². The van der Waals surface area contributed by atoms with Crippen molar-refractivity contribution in [3.05, 3.63) is 0 Å². The maximum Gasteiger partial charge on any atom is 0.132 e. The second-order valence-corrected chi connectivity index (χ2v) is 4.20. The molecule has 0 aliphatic carbocycles. The van der Waals surface area contributed by atoms with Gasteiger partial charge in [0.05, 0.1) is 5.60 Å². The summed E-state index contributed by atoms with van der Waals surface area (Å²) < 4.78 is 0. The predicted octanol–water partition coefficient (Wildman–Crippen LogP) is 0.0321. The molecule has 2 fully saturated rings. The summed E-state index contributed by atoms with van der Waals surface area (Å²) in [4.78, 5) is 13.1. The van der Waals surface area contributed by atoms with Gasteiger partial charge in [-0.1, -0.05) is 0 Å². The minimum atomic E-state index is -0.690. The number of nitrogens with zero attached hydrogens (tertiary/aromatic N) is 1. The van der Waals surface area contributed by atoms with Crippen molar-refractivity contribution in [2.45, 2.75) is 25.4 Å². The monoisotopic (exact) mass is 169 g/mol. The lowest BCUT2D eigenvalue weighted by atomic mass is 9.84. The molecule has 0 amide bonds. The van der Waals surface area contributed by atoms with Crippen molar-refractivity contribution in [1.29, 1.82) is 0 Å². The smallest absolute Gasteiger partial charge is 0.132 e. The van der Waals surface area contributed by atoms with Crippen LogP contribution in [0.25, 0.3) is 0 Å². The molecule has 3 nitrogen and oxygen atoms in total. The zero-order valence-corrected chi connectivity index (χ0v) is 7.42. The average molecular weight is 169 g/mol. The standard InChI is InChI=1S/C9H15NO2/c1-7(11)4-9(12)6-10-3-2-8(9)5-10/h8,12H,2-6H2,1H3. The van der Waals surface area contributed by atoms with Crippen LogP contribution in [0.1, 0.15) is 19.8 Å². The number of ketones is 1. The Morgan fingerprint density at radius 1 is 1.75 bits per heavy atom. The fourth-order valence-corrected chi connectivity index (χ4v) is 2.56. The second kappa shape index (κ2) is 2.54. The molecular weight excluding hydrogens is 154 g/mol. The first kappa shape index (κ1) is 8.20. The molecule has 1 N–H and O–H groups in total. The molecule has 0 aromatic heterocycles. The molecule has 2 heterocycles. The first-order valence-corrected chi connectivity index (χ1v) is 4.54. The third kappa shape index (κ3) is 1.17. The fourth-order valence-electron chi connectivity index (χ4n) is 2.56. The lowest BCUT2D eigenvalue weighted by Gasteiger charge is -2.31. The van der Waals surface area contributed by atoms with E-state index in [0.717, 1.165) is 19.5 Å². The molecule has 12 heavy (non-hydrogen) atoms. The van der Waals surface area contributed by atoms with E-state index in [1.165, 1.54) is 0 Å². The number of piperidine rings is 1. The predicted molar refractivity (Wildman–Crippen MR) is 44.8 cm³/mol. The van der Waals surface area contributed by atoms with Crippen molar-refractivity contribution in [2.75, 3.05) is 19.6 Å². The summed E-state index contributed by atoms with van der Waals surface area (Å²) >= 11 is 0. The number of hydrogen-bond donors (Lipinski definition) is 1. The van der Waals surface area contributed by atoms with E-state index in [0.29, 0.717) is 18.9 Å². The summed E-state index contributed by atoms with van der Waals surface area (Å²) in [7, 11) is 0. The van der Waals surface area contributed by atoms with Crippen LogP contribution in [0.2, 0.25) is 0 Å². The number of aliphatic hydroxyl groups is 1. The van der Waals surface area contributed by atoms with Gasteiger partial charge in [-0.2, -0.15) is 0 Å². The number of rotatable bonds is 2. The molecule has 68 valence electrons. The molecule has 2 bridgehead atoms. The molecule has 3 heteroatoms. The zero-order valence-electron chi connectivity index (χ0n) is 7.42. The van der Waals surface area contributed by atoms with E-state index in [9.17, 15) is 9.90 Å². The van der Waals surface area contributed by atoms with E-state index < -0.39 is 5.60 Å². The van der Waals surface area contributed by atoms with Crippen LogP contribution in [0.5, 0.6) is 0 Å². The van der Waals surface area contributed by atoms with Gasteiger partial charge in [0.15, 0.2) is 0 Å². The van der Waals surface area contributed by atoms with Crippen molar-refractivity contribution >= 4 is 5.78 Å². The van der Waals surface area contributed by atoms with Crippen LogP contribution in [-0.4, -0.2) is 41.0 Å². The molecule has 3 unspecified atom stereocenters. The van der Waals surface area contributed by atoms with Gasteiger partial charge in [-0.15, -0.1) is 0 Å². The summed E-state index contributed by atoms with van der Waals surface area (Å²) in [6.45, 7) is 4.35. The highest BCUT2D eigenvalue weighted by Gasteiger charge is 2.49. The van der Waals surface area contributed by atoms with E-state index in [4.69, 9.17) is 0 Å². The van der Waals surface area contributed by atoms with Crippen molar-refractivity contribution in [3.8, 4) is 0 Å². The van der Waals surface area contributed by atoms with Crippen LogP contribution in [0, 0.1) is 5.92 Å². The Kier molecular flexibility index (Phi) is 1.73. The Bertz CT molecular complexity index is 217. The van der Waals surface area contributed by atoms with E-state index in [-0.39, 0.29) is 5.78 Å². The second-order valence-electron chi connectivity index (χ2n) is 4.20. The summed E-state index contributed by atoms with van der Waals surface area (Å²) in [5, 5.41) is 10.1. The minimum Gasteiger partial charge on any atom is -0.388 e. The quantitative estimate of drug-likeness (QED) is 0.634. The van der Waals surface area contributed by atoms with Gasteiger partial charge in [0.25, 0.3) is 0 Å². The van der Waals surface area contributed by atoms with Crippen LogP contribution in [0.4, 0.5) is 0 Å². The first-order valence-electron chi connectivity index (χ1n) is 4.54. The lowest BCUT2D eigenvalue weighted by molar-refractivity contribution is -0.123. The molecule has 2 aliphatic heterocycles. The van der Waals surface area contributed by atoms with E-state index in [2.05, 4.69) is 4.90 Å². The maximum absolute atomic E-state index is 10.9. The third-order valence-electron chi connectivity index (χ3n) is 3.08. The van der Waals surface area contributed by atoms with Gasteiger partial charge < -0.3 is 10.0 Å². The summed E-state index contributed by atoms with van der Waals surface area (Å²) in [5.41, 5.74) is -0.690. The van der Waals surface area contributed by atoms with Crippen LogP contribution < -0.4 is 0 Å². The Hall–Kier alpha value is -0.410. The summed E-state index contributed by atoms with van der Waals surface area (Å²) in [6, 6.07) is 0. The van der Waals surface area contributed by atoms with Crippen molar-refractivity contribution < 1.29 is 9.90 Å². The van der Waals surface area contributed by atoms with Gasteiger partial charge in [0.1, 0.15) is 5.78 Å². The summed E-state index contributed by atoms with van der Waals surface area (Å²) in [5.74, 6) is 0.452. The maximum atomic E-state index is 10.9. The van der Waals surface area contributed by atoms with Gasteiger partial charge in [-0.05, 0) is 19.9 Å². The SMILES string of the molecule is CC(=O)CC1(O)CN2CCC1C2. The largest absolute Gasteiger partial charge is 0.388 e. The number of carbonyl (C=O) groups is 1. The Morgan fingerprint density at radius 2 is 2.50 bits per heavy atom. The van der Waals surface area contributed by atoms with Gasteiger partial charge in [-0.3, -0.25) is 4.79 Å². The molecule has 3 atom stereocenters. The van der Waals surface area contributed by atoms with E-state index in [1.54, 1.807) is 6.92 Å². The third-order valence-corrected chi connectivity index (χ3v) is 3.08. The molecular formula is C9H15NO2. The lowest BCUT2D eigenvalue weighted by Crippen LogP contribution is -2.43. The average Bonchev–Trinajstić information content (AvgIpc) is 2.42. The van der Waals surface area contributed by atoms with Gasteiger partial charge >= 0.3 is 0 Å². The van der Waals surface area contributed by atoms with Crippen LogP contribution in [0.3, 0.4) is 0 Å². The minimum absolute atomic E-state index is 0.103. The van der Waals surface area contributed by atoms with E-state index >= 15 is 0 Å². The normalized spacial score (nSPS) is 45.2. The molecule has 0 aromatic carbocycles. The highest BCUT2D eigenvalue weighted by Crippen LogP contribution is 2.38. The van der Waals surface area contributed by atoms with Crippen LogP contribution in [0.15, 0.2) is 0 Å². The Labute approximate surface area is 72.4 Å². The van der Waals surface area contributed by atoms with Crippen LogP contribution in [-0.2, 0) is 4.79 Å². The number of hydrogen-bond acceptors (Lipinski definition) is 3. The van der Waals surface area contributed by atoms with Crippen molar-refractivity contribution in [3.63, 3.8) is 0 Å².